The molecule has 1 unspecified atom stereocenters. The lowest BCUT2D eigenvalue weighted by Crippen LogP contribution is -2.28. The third-order valence-corrected chi connectivity index (χ3v) is 6.31. The lowest BCUT2D eigenvalue weighted by Gasteiger charge is -2.25. The number of aromatic nitrogens is 3. The molecule has 2 heterocycles. The summed E-state index contributed by atoms with van der Waals surface area (Å²) in [5.74, 6) is 3.48. The van der Waals surface area contributed by atoms with E-state index in [1.807, 2.05) is 54.1 Å². The molecule has 0 saturated heterocycles. The summed E-state index contributed by atoms with van der Waals surface area (Å²) in [6.07, 6.45) is -0.370. The number of hydrogen-bond donors (Lipinski definition) is 0. The van der Waals surface area contributed by atoms with Crippen LogP contribution < -0.4 is 18.9 Å². The van der Waals surface area contributed by atoms with E-state index >= 15 is 0 Å². The Morgan fingerprint density at radius 3 is 2.70 bits per heavy atom. The van der Waals surface area contributed by atoms with Gasteiger partial charge in [0.25, 0.3) is 0 Å². The van der Waals surface area contributed by atoms with Crippen LogP contribution in [0, 0.1) is 0 Å². The molecule has 10 heteroatoms. The van der Waals surface area contributed by atoms with E-state index in [0.29, 0.717) is 47.1 Å². The highest BCUT2D eigenvalue weighted by molar-refractivity contribution is 7.99. The van der Waals surface area contributed by atoms with Crippen LogP contribution in [0.3, 0.4) is 0 Å². The van der Waals surface area contributed by atoms with Crippen molar-refractivity contribution < 1.29 is 23.7 Å². The zero-order valence-electron chi connectivity index (χ0n) is 19.0. The highest BCUT2D eigenvalue weighted by Gasteiger charge is 2.27. The second kappa shape index (κ2) is 10.0. The molecule has 0 radical (unpaired) electrons. The molecule has 2 aromatic carbocycles. The lowest BCUT2D eigenvalue weighted by molar-refractivity contribution is -0.127. The summed E-state index contributed by atoms with van der Waals surface area (Å²) < 4.78 is 24.5. The first-order valence-corrected chi connectivity index (χ1v) is 11.3. The topological polar surface area (TPSA) is 87.9 Å². The van der Waals surface area contributed by atoms with Crippen molar-refractivity contribution in [3.8, 4) is 23.0 Å². The van der Waals surface area contributed by atoms with E-state index in [2.05, 4.69) is 10.2 Å². The molecule has 33 heavy (non-hydrogen) atoms. The number of carbonyl (C=O) groups excluding carboxylic acids is 1. The van der Waals surface area contributed by atoms with Crippen LogP contribution in [0.15, 0.2) is 47.6 Å². The molecular weight excluding hydrogens is 444 g/mol. The average Bonchev–Trinajstić information content (AvgIpc) is 3.21. The van der Waals surface area contributed by atoms with E-state index in [0.717, 1.165) is 5.56 Å². The van der Waals surface area contributed by atoms with Gasteiger partial charge in [-0.1, -0.05) is 36.0 Å². The number of nitrogens with zero attached hydrogens (tertiary/aromatic N) is 4. The van der Waals surface area contributed by atoms with E-state index in [1.54, 1.807) is 26.2 Å². The largest absolute Gasteiger partial charge is 0.493 e. The highest BCUT2D eigenvalue weighted by Crippen LogP contribution is 2.36. The van der Waals surface area contributed by atoms with Gasteiger partial charge in [0.15, 0.2) is 40.1 Å². The van der Waals surface area contributed by atoms with Crippen LogP contribution in [0.5, 0.6) is 23.0 Å². The van der Waals surface area contributed by atoms with Crippen molar-refractivity contribution in [2.45, 2.75) is 17.8 Å². The SMILES string of the molecule is COc1cccc(CN(C)C(=O)CSc2nnc(C3COc4ccccc4O3)n2C)c1OC. The highest BCUT2D eigenvalue weighted by atomic mass is 32.2. The maximum Gasteiger partial charge on any atom is 0.233 e. The van der Waals surface area contributed by atoms with Gasteiger partial charge in [0, 0.05) is 26.2 Å². The van der Waals surface area contributed by atoms with Crippen molar-refractivity contribution in [1.82, 2.24) is 19.7 Å². The number of ether oxygens (including phenoxy) is 4. The number of fused-ring (bicyclic) bond motifs is 1. The maximum atomic E-state index is 12.8. The Morgan fingerprint density at radius 1 is 1.15 bits per heavy atom. The van der Waals surface area contributed by atoms with Gasteiger partial charge in [-0.2, -0.15) is 0 Å². The summed E-state index contributed by atoms with van der Waals surface area (Å²) in [5.41, 5.74) is 0.869. The molecule has 0 bridgehead atoms. The Labute approximate surface area is 196 Å². The molecule has 9 nitrogen and oxygen atoms in total. The minimum Gasteiger partial charge on any atom is -0.493 e. The first-order chi connectivity index (χ1) is 16.0. The molecule has 1 aliphatic heterocycles. The van der Waals surface area contributed by atoms with Crippen molar-refractivity contribution in [3.05, 3.63) is 53.9 Å². The Morgan fingerprint density at radius 2 is 1.94 bits per heavy atom. The van der Waals surface area contributed by atoms with Gasteiger partial charge in [-0.05, 0) is 18.2 Å². The molecule has 0 aliphatic carbocycles. The summed E-state index contributed by atoms with van der Waals surface area (Å²) >= 11 is 1.33. The molecular formula is C23H26N4O5S. The van der Waals surface area contributed by atoms with Gasteiger partial charge < -0.3 is 28.4 Å². The standard InChI is InChI=1S/C23H26N4O5S/c1-26(12-15-8-7-11-18(29-3)21(15)30-4)20(28)14-33-23-25-24-22(27(23)2)19-13-31-16-9-5-6-10-17(16)32-19/h5-11,19H,12-14H2,1-4H3. The predicted octanol–water partition coefficient (Wildman–Crippen LogP) is 3.10. The number of benzene rings is 2. The van der Waals surface area contributed by atoms with Crippen molar-refractivity contribution in [2.75, 3.05) is 33.6 Å². The minimum atomic E-state index is -0.370. The minimum absolute atomic E-state index is 0.0411. The Bertz CT molecular complexity index is 1140. The van der Waals surface area contributed by atoms with E-state index in [1.165, 1.54) is 11.8 Å². The number of methoxy groups -OCH3 is 2. The van der Waals surface area contributed by atoms with E-state index in [-0.39, 0.29) is 17.8 Å². The Balaban J connectivity index is 1.37. The van der Waals surface area contributed by atoms with Crippen molar-refractivity contribution in [3.63, 3.8) is 0 Å². The summed E-state index contributed by atoms with van der Waals surface area (Å²) in [6.45, 7) is 0.744. The van der Waals surface area contributed by atoms with Gasteiger partial charge in [-0.15, -0.1) is 10.2 Å². The van der Waals surface area contributed by atoms with Crippen LogP contribution in [0.4, 0.5) is 0 Å². The van der Waals surface area contributed by atoms with Crippen LogP contribution in [0.2, 0.25) is 0 Å². The van der Waals surface area contributed by atoms with Gasteiger partial charge in [-0.3, -0.25) is 4.79 Å². The molecule has 3 aromatic rings. The molecule has 1 aliphatic rings. The van der Waals surface area contributed by atoms with Crippen molar-refractivity contribution in [2.24, 2.45) is 7.05 Å². The first kappa shape index (κ1) is 22.8. The molecule has 1 amide bonds. The third kappa shape index (κ3) is 4.85. The first-order valence-electron chi connectivity index (χ1n) is 10.4. The van der Waals surface area contributed by atoms with E-state index in [9.17, 15) is 4.79 Å². The zero-order valence-corrected chi connectivity index (χ0v) is 19.8. The van der Waals surface area contributed by atoms with Crippen molar-refractivity contribution >= 4 is 17.7 Å². The monoisotopic (exact) mass is 470 g/mol. The van der Waals surface area contributed by atoms with Crippen LogP contribution in [0.1, 0.15) is 17.5 Å². The average molecular weight is 471 g/mol. The van der Waals surface area contributed by atoms with E-state index in [4.69, 9.17) is 18.9 Å². The van der Waals surface area contributed by atoms with E-state index < -0.39 is 0 Å². The predicted molar refractivity (Wildman–Crippen MR) is 123 cm³/mol. The number of hydrogen-bond acceptors (Lipinski definition) is 8. The summed E-state index contributed by atoms with van der Waals surface area (Å²) in [4.78, 5) is 14.4. The molecule has 174 valence electrons. The molecule has 0 saturated carbocycles. The molecule has 0 spiro atoms. The van der Waals surface area contributed by atoms with Gasteiger partial charge in [-0.25, -0.2) is 0 Å². The molecule has 0 fully saturated rings. The van der Waals surface area contributed by atoms with Crippen LogP contribution in [0.25, 0.3) is 0 Å². The normalized spacial score (nSPS) is 14.6. The number of thioether (sulfide) groups is 1. The third-order valence-electron chi connectivity index (χ3n) is 5.31. The fourth-order valence-corrected chi connectivity index (χ4v) is 4.40. The lowest BCUT2D eigenvalue weighted by atomic mass is 10.1. The van der Waals surface area contributed by atoms with Crippen LogP contribution >= 0.6 is 11.8 Å². The number of carbonyl (C=O) groups is 1. The van der Waals surface area contributed by atoms with Crippen molar-refractivity contribution in [1.29, 1.82) is 0 Å². The fraction of sp³-hybridized carbons (Fsp3) is 0.348. The van der Waals surface area contributed by atoms with Gasteiger partial charge in [0.2, 0.25) is 5.91 Å². The van der Waals surface area contributed by atoms with Crippen LogP contribution in [-0.4, -0.2) is 59.2 Å². The molecule has 0 N–H and O–H groups in total. The summed E-state index contributed by atoms with van der Waals surface area (Å²) in [6, 6.07) is 13.1. The smallest absolute Gasteiger partial charge is 0.233 e. The summed E-state index contributed by atoms with van der Waals surface area (Å²) in [7, 11) is 6.79. The molecule has 1 aromatic heterocycles. The molecule has 1 atom stereocenters. The number of amides is 1. The fourth-order valence-electron chi connectivity index (χ4n) is 3.54. The summed E-state index contributed by atoms with van der Waals surface area (Å²) in [5, 5.41) is 9.15. The zero-order chi connectivity index (χ0) is 23.4. The number of para-hydroxylation sites is 3. The Kier molecular flexibility index (Phi) is 6.93. The quantitative estimate of drug-likeness (QED) is 0.464. The van der Waals surface area contributed by atoms with Crippen LogP contribution in [-0.2, 0) is 18.4 Å². The maximum absolute atomic E-state index is 12.8. The van der Waals surface area contributed by atoms with Gasteiger partial charge in [0.1, 0.15) is 6.61 Å². The second-order valence-corrected chi connectivity index (χ2v) is 8.40. The molecule has 4 rings (SSSR count). The van der Waals surface area contributed by atoms with Gasteiger partial charge in [0.05, 0.1) is 20.0 Å². The number of rotatable bonds is 8. The Hall–Kier alpha value is -3.40. The van der Waals surface area contributed by atoms with Gasteiger partial charge >= 0.3 is 0 Å². The second-order valence-electron chi connectivity index (χ2n) is 7.46.